The number of benzene rings is 2. The van der Waals surface area contributed by atoms with Crippen LogP contribution < -0.4 is 4.90 Å². The number of aromatic nitrogens is 1. The molecule has 1 amide bonds. The molecule has 33 heavy (non-hydrogen) atoms. The molecule has 4 rings (SSSR count). The summed E-state index contributed by atoms with van der Waals surface area (Å²) in [5.74, 6) is -3.38. The van der Waals surface area contributed by atoms with E-state index in [9.17, 15) is 18.4 Å². The van der Waals surface area contributed by atoms with Crippen molar-refractivity contribution < 1.29 is 23.5 Å². The van der Waals surface area contributed by atoms with Crippen molar-refractivity contribution in [1.29, 1.82) is 0 Å². The summed E-state index contributed by atoms with van der Waals surface area (Å²) in [5.41, 5.74) is 3.32. The van der Waals surface area contributed by atoms with E-state index in [4.69, 9.17) is 5.11 Å². The van der Waals surface area contributed by atoms with Gasteiger partial charge in [-0.25, -0.2) is 13.8 Å². The smallest absolute Gasteiger partial charge is 0.323 e. The van der Waals surface area contributed by atoms with Crippen LogP contribution in [-0.4, -0.2) is 28.5 Å². The molecule has 0 aliphatic carbocycles. The molecule has 0 saturated carbocycles. The van der Waals surface area contributed by atoms with E-state index in [2.05, 4.69) is 4.98 Å². The average Bonchev–Trinajstić information content (AvgIpc) is 3.14. The molecule has 1 aromatic heterocycles. The van der Waals surface area contributed by atoms with Crippen molar-refractivity contribution in [2.24, 2.45) is 0 Å². The number of rotatable bonds is 7. The molecule has 0 radical (unpaired) electrons. The third-order valence-corrected chi connectivity index (χ3v) is 7.86. The van der Waals surface area contributed by atoms with Gasteiger partial charge >= 0.3 is 5.97 Å². The lowest BCUT2D eigenvalue weighted by atomic mass is 10.0. The van der Waals surface area contributed by atoms with Crippen molar-refractivity contribution in [2.45, 2.75) is 43.3 Å². The molecule has 0 bridgehead atoms. The molecule has 1 aliphatic heterocycles. The number of alkyl halides is 2. The standard InChI is InChI=1S/C24H22F2N2O3S2/c1-14-20(33-23(27-14)15-3-6-17(7-4-15)24(2,25)26)13-32-18-8-9-19-16(11-18)5-10-21(29)28(19)12-22(30)31/h3-4,6-9,11H,5,10,12-13H2,1-2H3,(H,30,31). The molecule has 5 nitrogen and oxygen atoms in total. The highest BCUT2D eigenvalue weighted by Gasteiger charge is 2.26. The third-order valence-electron chi connectivity index (χ3n) is 5.45. The number of nitrogens with zero attached hydrogens (tertiary/aromatic N) is 2. The maximum Gasteiger partial charge on any atom is 0.323 e. The van der Waals surface area contributed by atoms with Crippen LogP contribution in [0.4, 0.5) is 14.5 Å². The number of carbonyl (C=O) groups excluding carboxylic acids is 1. The Kier molecular flexibility index (Phi) is 6.54. The largest absolute Gasteiger partial charge is 0.480 e. The number of aryl methyl sites for hydroxylation is 2. The van der Waals surface area contributed by atoms with Crippen molar-refractivity contribution in [3.8, 4) is 10.6 Å². The van der Waals surface area contributed by atoms with Gasteiger partial charge in [0.25, 0.3) is 5.92 Å². The fraction of sp³-hybridized carbons (Fsp3) is 0.292. The van der Waals surface area contributed by atoms with E-state index >= 15 is 0 Å². The lowest BCUT2D eigenvalue weighted by molar-refractivity contribution is -0.136. The van der Waals surface area contributed by atoms with Crippen molar-refractivity contribution in [3.63, 3.8) is 0 Å². The van der Waals surface area contributed by atoms with Crippen molar-refractivity contribution in [1.82, 2.24) is 4.98 Å². The number of carbonyl (C=O) groups is 2. The van der Waals surface area contributed by atoms with Crippen LogP contribution >= 0.6 is 23.1 Å². The summed E-state index contributed by atoms with van der Waals surface area (Å²) < 4.78 is 26.9. The van der Waals surface area contributed by atoms with Gasteiger partial charge in [0.05, 0.1) is 5.69 Å². The Balaban J connectivity index is 1.47. The van der Waals surface area contributed by atoms with E-state index in [1.54, 1.807) is 35.2 Å². The average molecular weight is 489 g/mol. The molecule has 3 aromatic rings. The van der Waals surface area contributed by atoms with Crippen molar-refractivity contribution in [2.75, 3.05) is 11.4 Å². The first-order chi connectivity index (χ1) is 15.6. The number of fused-ring (bicyclic) bond motifs is 1. The Hall–Kier alpha value is -2.78. The van der Waals surface area contributed by atoms with Gasteiger partial charge in [0.15, 0.2) is 0 Å². The van der Waals surface area contributed by atoms with Gasteiger partial charge < -0.3 is 10.0 Å². The van der Waals surface area contributed by atoms with E-state index in [1.807, 2.05) is 25.1 Å². The molecule has 0 atom stereocenters. The molecule has 1 N–H and O–H groups in total. The topological polar surface area (TPSA) is 70.5 Å². The van der Waals surface area contributed by atoms with Crippen LogP contribution in [0.5, 0.6) is 0 Å². The number of anilines is 1. The first-order valence-electron chi connectivity index (χ1n) is 10.3. The highest BCUT2D eigenvalue weighted by molar-refractivity contribution is 7.98. The van der Waals surface area contributed by atoms with Crippen LogP contribution in [0.3, 0.4) is 0 Å². The number of thiazole rings is 1. The highest BCUT2D eigenvalue weighted by atomic mass is 32.2. The minimum atomic E-state index is -2.87. The monoisotopic (exact) mass is 488 g/mol. The number of carboxylic acid groups (broad SMARTS) is 1. The molecule has 0 fully saturated rings. The molecule has 0 saturated heterocycles. The van der Waals surface area contributed by atoms with E-state index in [0.29, 0.717) is 24.3 Å². The summed E-state index contributed by atoms with van der Waals surface area (Å²) in [5, 5.41) is 9.89. The SMILES string of the molecule is Cc1nc(-c2ccc(C(C)(F)F)cc2)sc1CSc1ccc2c(c1)CCC(=O)N2CC(=O)O. The fourth-order valence-electron chi connectivity index (χ4n) is 3.67. The first kappa shape index (κ1) is 23.4. The lowest BCUT2D eigenvalue weighted by Gasteiger charge is -2.28. The number of halogens is 2. The number of hydrogen-bond acceptors (Lipinski definition) is 5. The summed E-state index contributed by atoms with van der Waals surface area (Å²) >= 11 is 3.19. The zero-order valence-corrected chi connectivity index (χ0v) is 19.7. The van der Waals surface area contributed by atoms with Gasteiger partial charge in [0.1, 0.15) is 11.6 Å². The Morgan fingerprint density at radius 2 is 1.94 bits per heavy atom. The lowest BCUT2D eigenvalue weighted by Crippen LogP contribution is -2.38. The van der Waals surface area contributed by atoms with Crippen LogP contribution in [0.2, 0.25) is 0 Å². The fourth-order valence-corrected chi connectivity index (χ4v) is 5.85. The van der Waals surface area contributed by atoms with Gasteiger partial charge in [-0.2, -0.15) is 0 Å². The van der Waals surface area contributed by atoms with Crippen LogP contribution in [0, 0.1) is 6.92 Å². The molecule has 9 heteroatoms. The molecular weight excluding hydrogens is 466 g/mol. The summed E-state index contributed by atoms with van der Waals surface area (Å²) in [6, 6.07) is 12.0. The molecule has 0 spiro atoms. The van der Waals surface area contributed by atoms with Crippen molar-refractivity contribution in [3.05, 3.63) is 64.2 Å². The zero-order chi connectivity index (χ0) is 23.8. The number of aliphatic carboxylic acids is 1. The molecule has 172 valence electrons. The number of thioether (sulfide) groups is 1. The van der Waals surface area contributed by atoms with Crippen LogP contribution in [0.25, 0.3) is 10.6 Å². The Labute approximate surface area is 198 Å². The first-order valence-corrected chi connectivity index (χ1v) is 12.1. The molecule has 2 aromatic carbocycles. The van der Waals surface area contributed by atoms with E-state index in [-0.39, 0.29) is 18.0 Å². The zero-order valence-electron chi connectivity index (χ0n) is 18.1. The predicted octanol–water partition coefficient (Wildman–Crippen LogP) is 5.89. The number of carboxylic acids is 1. The third kappa shape index (κ3) is 5.25. The predicted molar refractivity (Wildman–Crippen MR) is 126 cm³/mol. The quantitative estimate of drug-likeness (QED) is 0.420. The van der Waals surface area contributed by atoms with Gasteiger partial charge in [-0.15, -0.1) is 23.1 Å². The van der Waals surface area contributed by atoms with E-state index in [0.717, 1.165) is 38.5 Å². The summed E-state index contributed by atoms with van der Waals surface area (Å²) in [6.07, 6.45) is 0.893. The van der Waals surface area contributed by atoms with Crippen LogP contribution in [0.1, 0.15) is 35.0 Å². The second kappa shape index (κ2) is 9.23. The van der Waals surface area contributed by atoms with Gasteiger partial charge in [-0.1, -0.05) is 24.3 Å². The van der Waals surface area contributed by atoms with E-state index < -0.39 is 11.9 Å². The maximum atomic E-state index is 13.5. The summed E-state index contributed by atoms with van der Waals surface area (Å²) in [4.78, 5) is 31.3. The minimum Gasteiger partial charge on any atom is -0.480 e. The van der Waals surface area contributed by atoms with Gasteiger partial charge in [0.2, 0.25) is 5.91 Å². The molecule has 2 heterocycles. The Bertz CT molecular complexity index is 1200. The maximum absolute atomic E-state index is 13.5. The number of hydrogen-bond donors (Lipinski definition) is 1. The second-order valence-corrected chi connectivity index (χ2v) is 10.1. The minimum absolute atomic E-state index is 0.0219. The van der Waals surface area contributed by atoms with Crippen molar-refractivity contribution >= 4 is 40.7 Å². The number of amides is 1. The van der Waals surface area contributed by atoms with Gasteiger partial charge in [-0.3, -0.25) is 9.59 Å². The summed E-state index contributed by atoms with van der Waals surface area (Å²) in [6.45, 7) is 2.48. The van der Waals surface area contributed by atoms with Gasteiger partial charge in [-0.05, 0) is 37.1 Å². The normalized spacial score (nSPS) is 13.8. The highest BCUT2D eigenvalue weighted by Crippen LogP contribution is 2.36. The molecule has 1 aliphatic rings. The van der Waals surface area contributed by atoms with E-state index in [1.165, 1.54) is 17.0 Å². The Morgan fingerprint density at radius 3 is 2.61 bits per heavy atom. The summed E-state index contributed by atoms with van der Waals surface area (Å²) in [7, 11) is 0. The second-order valence-electron chi connectivity index (χ2n) is 7.95. The van der Waals surface area contributed by atoms with Gasteiger partial charge in [0, 0.05) is 45.7 Å². The molecular formula is C24H22F2N2O3S2. The molecule has 0 unspecified atom stereocenters. The van der Waals surface area contributed by atoms with Crippen LogP contribution in [-0.2, 0) is 27.7 Å². The van der Waals surface area contributed by atoms with Crippen LogP contribution in [0.15, 0.2) is 47.4 Å². The Morgan fingerprint density at radius 1 is 1.21 bits per heavy atom.